The molecule has 1 aromatic rings. The van der Waals surface area contributed by atoms with Crippen molar-refractivity contribution >= 4 is 21.6 Å². The van der Waals surface area contributed by atoms with Gasteiger partial charge in [0.15, 0.2) is 0 Å². The van der Waals surface area contributed by atoms with Gasteiger partial charge in [0.2, 0.25) is 0 Å². The highest BCUT2D eigenvalue weighted by atomic mass is 79.9. The SMILES string of the molecule is CC1CC(C)N(Cc2c(N)cccc2Br)C1. The van der Waals surface area contributed by atoms with Crippen molar-refractivity contribution in [2.24, 2.45) is 5.92 Å². The molecule has 1 aliphatic rings. The standard InChI is InChI=1S/C13H19BrN2/c1-9-6-10(2)16(7-9)8-11-12(14)4-3-5-13(11)15/h3-5,9-10H,6-8,15H2,1-2H3. The molecule has 2 unspecified atom stereocenters. The monoisotopic (exact) mass is 282 g/mol. The Hall–Kier alpha value is -0.540. The van der Waals surface area contributed by atoms with Crippen LogP contribution in [-0.2, 0) is 6.54 Å². The van der Waals surface area contributed by atoms with E-state index >= 15 is 0 Å². The van der Waals surface area contributed by atoms with E-state index in [1.807, 2.05) is 12.1 Å². The molecule has 0 amide bonds. The molecular weight excluding hydrogens is 264 g/mol. The topological polar surface area (TPSA) is 29.3 Å². The Kier molecular flexibility index (Phi) is 3.55. The number of nitrogen functional groups attached to an aromatic ring is 1. The minimum Gasteiger partial charge on any atom is -0.398 e. The maximum atomic E-state index is 6.02. The summed E-state index contributed by atoms with van der Waals surface area (Å²) in [6, 6.07) is 6.69. The summed E-state index contributed by atoms with van der Waals surface area (Å²) in [7, 11) is 0. The zero-order chi connectivity index (χ0) is 11.7. The van der Waals surface area contributed by atoms with E-state index in [9.17, 15) is 0 Å². The van der Waals surface area contributed by atoms with E-state index in [4.69, 9.17) is 5.73 Å². The number of nitrogens with two attached hydrogens (primary N) is 1. The van der Waals surface area contributed by atoms with Crippen LogP contribution in [0.4, 0.5) is 5.69 Å². The van der Waals surface area contributed by atoms with E-state index in [1.54, 1.807) is 0 Å². The van der Waals surface area contributed by atoms with Crippen LogP contribution in [0.1, 0.15) is 25.8 Å². The van der Waals surface area contributed by atoms with Crippen LogP contribution in [0.5, 0.6) is 0 Å². The molecule has 1 aromatic carbocycles. The van der Waals surface area contributed by atoms with Crippen molar-refractivity contribution in [1.82, 2.24) is 4.90 Å². The lowest BCUT2D eigenvalue weighted by molar-refractivity contribution is 0.256. The van der Waals surface area contributed by atoms with Gasteiger partial charge >= 0.3 is 0 Å². The van der Waals surface area contributed by atoms with Crippen LogP contribution in [0, 0.1) is 5.92 Å². The molecular formula is C13H19BrN2. The Morgan fingerprint density at radius 1 is 1.44 bits per heavy atom. The molecule has 2 N–H and O–H groups in total. The van der Waals surface area contributed by atoms with Crippen LogP contribution in [0.15, 0.2) is 22.7 Å². The minimum absolute atomic E-state index is 0.668. The summed E-state index contributed by atoms with van der Waals surface area (Å²) in [4.78, 5) is 2.52. The quantitative estimate of drug-likeness (QED) is 0.844. The number of hydrogen-bond donors (Lipinski definition) is 1. The second-order valence-corrected chi connectivity index (χ2v) is 5.78. The molecule has 0 spiro atoms. The van der Waals surface area contributed by atoms with E-state index in [2.05, 4.69) is 40.7 Å². The predicted molar refractivity (Wildman–Crippen MR) is 72.2 cm³/mol. The Balaban J connectivity index is 2.15. The van der Waals surface area contributed by atoms with Crippen LogP contribution in [-0.4, -0.2) is 17.5 Å². The number of nitrogens with zero attached hydrogens (tertiary/aromatic N) is 1. The van der Waals surface area contributed by atoms with Crippen LogP contribution >= 0.6 is 15.9 Å². The van der Waals surface area contributed by atoms with Crippen LogP contribution in [0.25, 0.3) is 0 Å². The van der Waals surface area contributed by atoms with Crippen molar-refractivity contribution in [3.63, 3.8) is 0 Å². The highest BCUT2D eigenvalue weighted by Gasteiger charge is 2.26. The van der Waals surface area contributed by atoms with Crippen molar-refractivity contribution in [2.75, 3.05) is 12.3 Å². The zero-order valence-electron chi connectivity index (χ0n) is 9.91. The van der Waals surface area contributed by atoms with Crippen LogP contribution in [0.2, 0.25) is 0 Å². The predicted octanol–water partition coefficient (Wildman–Crippen LogP) is 3.26. The number of hydrogen-bond acceptors (Lipinski definition) is 2. The molecule has 2 rings (SSSR count). The van der Waals surface area contributed by atoms with Gasteiger partial charge in [-0.3, -0.25) is 4.90 Å². The van der Waals surface area contributed by atoms with Crippen LogP contribution in [0.3, 0.4) is 0 Å². The Bertz CT molecular complexity index is 358. The normalized spacial score (nSPS) is 26.2. The van der Waals surface area contributed by atoms with Crippen molar-refractivity contribution in [1.29, 1.82) is 0 Å². The first kappa shape index (κ1) is 11.9. The minimum atomic E-state index is 0.668. The molecule has 1 saturated heterocycles. The van der Waals surface area contributed by atoms with Crippen molar-refractivity contribution in [2.45, 2.75) is 32.9 Å². The first-order valence-corrected chi connectivity index (χ1v) is 6.64. The number of benzene rings is 1. The van der Waals surface area contributed by atoms with E-state index < -0.39 is 0 Å². The van der Waals surface area contributed by atoms with Gasteiger partial charge in [0.25, 0.3) is 0 Å². The molecule has 0 saturated carbocycles. The summed E-state index contributed by atoms with van der Waals surface area (Å²) in [6.45, 7) is 6.76. The third-order valence-corrected chi connectivity index (χ3v) is 4.17. The largest absolute Gasteiger partial charge is 0.398 e. The first-order chi connectivity index (χ1) is 7.58. The summed E-state index contributed by atoms with van der Waals surface area (Å²) < 4.78 is 1.12. The molecule has 1 aliphatic heterocycles. The second-order valence-electron chi connectivity index (χ2n) is 4.93. The van der Waals surface area contributed by atoms with Gasteiger partial charge in [-0.05, 0) is 31.4 Å². The molecule has 16 heavy (non-hydrogen) atoms. The summed E-state index contributed by atoms with van der Waals surface area (Å²) in [5.41, 5.74) is 8.14. The Morgan fingerprint density at radius 2 is 2.19 bits per heavy atom. The molecule has 1 heterocycles. The summed E-state index contributed by atoms with van der Waals surface area (Å²) in [5, 5.41) is 0. The van der Waals surface area contributed by atoms with E-state index in [1.165, 1.54) is 18.5 Å². The van der Waals surface area contributed by atoms with Gasteiger partial charge < -0.3 is 5.73 Å². The maximum Gasteiger partial charge on any atom is 0.0371 e. The number of halogens is 1. The lowest BCUT2D eigenvalue weighted by Gasteiger charge is -2.22. The van der Waals surface area contributed by atoms with Crippen molar-refractivity contribution in [3.8, 4) is 0 Å². The summed E-state index contributed by atoms with van der Waals surface area (Å²) in [6.07, 6.45) is 1.30. The number of anilines is 1. The fourth-order valence-corrected chi connectivity index (χ4v) is 3.06. The fourth-order valence-electron chi connectivity index (χ4n) is 2.55. The highest BCUT2D eigenvalue weighted by Crippen LogP contribution is 2.29. The number of likely N-dealkylation sites (tertiary alicyclic amines) is 1. The average Bonchev–Trinajstić information content (AvgIpc) is 2.51. The average molecular weight is 283 g/mol. The molecule has 2 atom stereocenters. The molecule has 0 radical (unpaired) electrons. The molecule has 0 bridgehead atoms. The van der Waals surface area contributed by atoms with E-state index in [-0.39, 0.29) is 0 Å². The smallest absolute Gasteiger partial charge is 0.0371 e. The van der Waals surface area contributed by atoms with Crippen molar-refractivity contribution in [3.05, 3.63) is 28.2 Å². The van der Waals surface area contributed by atoms with E-state index in [0.717, 1.165) is 22.6 Å². The van der Waals surface area contributed by atoms with Gasteiger partial charge in [-0.15, -0.1) is 0 Å². The molecule has 2 nitrogen and oxygen atoms in total. The number of rotatable bonds is 2. The molecule has 0 aliphatic carbocycles. The zero-order valence-corrected chi connectivity index (χ0v) is 11.5. The second kappa shape index (κ2) is 4.76. The lowest BCUT2D eigenvalue weighted by atomic mass is 10.1. The maximum absolute atomic E-state index is 6.02. The van der Waals surface area contributed by atoms with Gasteiger partial charge in [-0.2, -0.15) is 0 Å². The molecule has 0 aromatic heterocycles. The van der Waals surface area contributed by atoms with Gasteiger partial charge in [-0.1, -0.05) is 28.9 Å². The molecule has 1 fully saturated rings. The van der Waals surface area contributed by atoms with Gasteiger partial charge in [0, 0.05) is 34.9 Å². The molecule has 88 valence electrons. The Morgan fingerprint density at radius 3 is 2.75 bits per heavy atom. The van der Waals surface area contributed by atoms with E-state index in [0.29, 0.717) is 6.04 Å². The molecule has 3 heteroatoms. The lowest BCUT2D eigenvalue weighted by Crippen LogP contribution is -2.27. The third-order valence-electron chi connectivity index (χ3n) is 3.43. The Labute approximate surface area is 106 Å². The van der Waals surface area contributed by atoms with Crippen LogP contribution < -0.4 is 5.73 Å². The highest BCUT2D eigenvalue weighted by molar-refractivity contribution is 9.10. The third kappa shape index (κ3) is 2.41. The van der Waals surface area contributed by atoms with Crippen molar-refractivity contribution < 1.29 is 0 Å². The van der Waals surface area contributed by atoms with Gasteiger partial charge in [-0.25, -0.2) is 0 Å². The fraction of sp³-hybridized carbons (Fsp3) is 0.538. The summed E-state index contributed by atoms with van der Waals surface area (Å²) in [5.74, 6) is 0.804. The summed E-state index contributed by atoms with van der Waals surface area (Å²) >= 11 is 3.58. The van der Waals surface area contributed by atoms with Gasteiger partial charge in [0.05, 0.1) is 0 Å². The van der Waals surface area contributed by atoms with Gasteiger partial charge in [0.1, 0.15) is 0 Å². The first-order valence-electron chi connectivity index (χ1n) is 5.85.